The van der Waals surface area contributed by atoms with Crippen LogP contribution in [0, 0.1) is 128 Å². The van der Waals surface area contributed by atoms with Crippen LogP contribution in [0.5, 0.6) is 0 Å². The summed E-state index contributed by atoms with van der Waals surface area (Å²) in [6.07, 6.45) is 40.0. The van der Waals surface area contributed by atoms with Crippen LogP contribution in [0.15, 0.2) is 0 Å². The smallest absolute Gasteiger partial charge is 0 e. The molecule has 0 atom stereocenters. The van der Waals surface area contributed by atoms with Gasteiger partial charge in [0, 0.05) is 16.8 Å². The molecule has 0 heterocycles. The molecule has 0 aliphatic heterocycles. The van der Waals surface area contributed by atoms with Crippen LogP contribution in [0.1, 0.15) is 0 Å². The van der Waals surface area contributed by atoms with Crippen molar-refractivity contribution in [3.8, 4) is 0 Å². The van der Waals surface area contributed by atoms with E-state index in [-0.39, 0.29) is 16.8 Å². The van der Waals surface area contributed by atoms with Crippen molar-refractivity contribution in [2.75, 3.05) is 0 Å². The monoisotopic (exact) mass is 437 g/mol. The molecule has 0 bridgehead atoms. The molecule has 0 unspecified atom stereocenters. The molecule has 0 saturated heterocycles. The Balaban J connectivity index is 0. The van der Waals surface area contributed by atoms with Gasteiger partial charge in [-0.25, -0.2) is 0 Å². The fraction of sp³-hybridized carbons (Fsp3) is 0. The standard InChI is InChI=1S/4C5H5.2ClH.Co.Ti/c4*1-2-4-5-3-1;;;;/h4*1-5H;2*1H;;/q;;;;;;;+2/p-2. The molecule has 4 aliphatic carbocycles. The first-order valence-corrected chi connectivity index (χ1v) is 11.3. The van der Waals surface area contributed by atoms with Gasteiger partial charge in [0.05, 0.1) is 0 Å². The Hall–Kier alpha value is 1.80. The fourth-order valence-electron chi connectivity index (χ4n) is 1.28. The van der Waals surface area contributed by atoms with Crippen LogP contribution in [0.4, 0.5) is 0 Å². The SMILES string of the molecule is [CH]1[CH][CH][CH][CH]1.[CH]1[CH][CH][CH][CH]1.[CH]1[CH][CH][CH][CH]1.[CH]1[CH][CH][CH][CH]1.[Cl][Ti][Cl].[Co]. The Morgan fingerprint density at radius 3 is 0.375 bits per heavy atom. The second-order valence-corrected chi connectivity index (χ2v) is 6.50. The molecule has 4 heteroatoms. The van der Waals surface area contributed by atoms with E-state index in [2.05, 4.69) is 0 Å². The molecule has 0 aromatic carbocycles. The van der Waals surface area contributed by atoms with Crippen LogP contribution in [-0.4, -0.2) is 0 Å². The molecule has 4 saturated carbocycles. The van der Waals surface area contributed by atoms with Crippen molar-refractivity contribution in [2.24, 2.45) is 0 Å². The van der Waals surface area contributed by atoms with Crippen molar-refractivity contribution in [2.45, 2.75) is 0 Å². The molecule has 0 spiro atoms. The summed E-state index contributed by atoms with van der Waals surface area (Å²) < 4.78 is 0. The van der Waals surface area contributed by atoms with Gasteiger partial charge in [0.25, 0.3) is 0 Å². The summed E-state index contributed by atoms with van der Waals surface area (Å²) in [7, 11) is 9.78. The van der Waals surface area contributed by atoms with Gasteiger partial charge in [-0.3, -0.25) is 0 Å². The van der Waals surface area contributed by atoms with Crippen molar-refractivity contribution < 1.29 is 33.8 Å². The third-order valence-electron chi connectivity index (χ3n) is 2.22. The normalized spacial score (nSPS) is 20.6. The summed E-state index contributed by atoms with van der Waals surface area (Å²) in [5.41, 5.74) is 0. The van der Waals surface area contributed by atoms with Crippen LogP contribution in [0.2, 0.25) is 0 Å². The van der Waals surface area contributed by atoms with E-state index in [0.29, 0.717) is 0 Å². The summed E-state index contributed by atoms with van der Waals surface area (Å²) in [5, 5.41) is 0. The average molecular weight is 438 g/mol. The zero-order valence-electron chi connectivity index (χ0n) is 13.1. The van der Waals surface area contributed by atoms with Crippen LogP contribution < -0.4 is 0 Å². The summed E-state index contributed by atoms with van der Waals surface area (Å²) in [6, 6.07) is 0. The first kappa shape index (κ1) is 28.0. The summed E-state index contributed by atoms with van der Waals surface area (Å²) >= 11 is -0.556. The Bertz CT molecular complexity index is 120. The van der Waals surface area contributed by atoms with Crippen molar-refractivity contribution in [3.63, 3.8) is 0 Å². The molecule has 0 aromatic rings. The zero-order valence-corrected chi connectivity index (χ0v) is 17.3. The van der Waals surface area contributed by atoms with E-state index in [4.69, 9.17) is 18.6 Å². The number of halogens is 2. The topological polar surface area (TPSA) is 0 Å². The molecule has 0 N–H and O–H groups in total. The maximum Gasteiger partial charge on any atom is 0 e. The molecule has 21 radical (unpaired) electrons. The molecule has 127 valence electrons. The Kier molecular flexibility index (Phi) is 31.5. The number of hydrogen-bond acceptors (Lipinski definition) is 0. The van der Waals surface area contributed by atoms with Crippen molar-refractivity contribution in [1.82, 2.24) is 0 Å². The van der Waals surface area contributed by atoms with Crippen LogP contribution >= 0.6 is 18.6 Å². The minimum atomic E-state index is -0.556. The van der Waals surface area contributed by atoms with E-state index in [1.165, 1.54) is 0 Å². The number of hydrogen-bond donors (Lipinski definition) is 0. The van der Waals surface area contributed by atoms with Gasteiger partial charge in [-0.1, -0.05) is 0 Å². The minimum absolute atomic E-state index is 0. The van der Waals surface area contributed by atoms with Gasteiger partial charge in [-0.05, 0) is 128 Å². The summed E-state index contributed by atoms with van der Waals surface area (Å²) in [6.45, 7) is 0. The maximum absolute atomic E-state index is 4.89. The molecular formula is C20H20Cl2CoTi. The van der Waals surface area contributed by atoms with Gasteiger partial charge in [-0.2, -0.15) is 0 Å². The predicted octanol–water partition coefficient (Wildman–Crippen LogP) is 5.46. The van der Waals surface area contributed by atoms with Crippen molar-refractivity contribution >= 4 is 18.6 Å². The molecule has 4 fully saturated rings. The second-order valence-electron chi connectivity index (χ2n) is 3.92. The Morgan fingerprint density at radius 1 is 0.292 bits per heavy atom. The quantitative estimate of drug-likeness (QED) is 0.441. The Labute approximate surface area is 179 Å². The molecule has 4 aliphatic rings. The van der Waals surface area contributed by atoms with Gasteiger partial charge in [0.1, 0.15) is 0 Å². The van der Waals surface area contributed by atoms with Crippen LogP contribution in [0.3, 0.4) is 0 Å². The maximum atomic E-state index is 4.89. The fourth-order valence-corrected chi connectivity index (χ4v) is 1.28. The van der Waals surface area contributed by atoms with Crippen LogP contribution in [-0.2, 0) is 33.8 Å². The largest absolute Gasteiger partial charge is 0 e. The van der Waals surface area contributed by atoms with Crippen molar-refractivity contribution in [3.05, 3.63) is 128 Å². The third-order valence-corrected chi connectivity index (χ3v) is 2.22. The first-order chi connectivity index (χ1) is 11.4. The summed E-state index contributed by atoms with van der Waals surface area (Å²) in [4.78, 5) is 0. The molecular weight excluding hydrogens is 418 g/mol. The van der Waals surface area contributed by atoms with E-state index >= 15 is 0 Å². The third kappa shape index (κ3) is 26.0. The van der Waals surface area contributed by atoms with Gasteiger partial charge in [0.2, 0.25) is 0 Å². The average Bonchev–Trinajstić information content (AvgIpc) is 3.47. The molecule has 4 rings (SSSR count). The first-order valence-electron chi connectivity index (χ1n) is 7.04. The van der Waals surface area contributed by atoms with E-state index in [0.717, 1.165) is 0 Å². The van der Waals surface area contributed by atoms with E-state index in [1.54, 1.807) is 0 Å². The minimum Gasteiger partial charge on any atom is 0 e. The van der Waals surface area contributed by atoms with E-state index < -0.39 is 17.0 Å². The zero-order chi connectivity index (χ0) is 16.8. The van der Waals surface area contributed by atoms with Gasteiger partial charge in [-0.15, -0.1) is 0 Å². The van der Waals surface area contributed by atoms with E-state index in [9.17, 15) is 0 Å². The number of rotatable bonds is 0. The van der Waals surface area contributed by atoms with E-state index in [1.807, 2.05) is 128 Å². The van der Waals surface area contributed by atoms with Gasteiger partial charge in [0.15, 0.2) is 0 Å². The van der Waals surface area contributed by atoms with Gasteiger partial charge < -0.3 is 0 Å². The van der Waals surface area contributed by atoms with Crippen molar-refractivity contribution in [1.29, 1.82) is 0 Å². The molecule has 24 heavy (non-hydrogen) atoms. The Morgan fingerprint density at radius 2 is 0.333 bits per heavy atom. The molecule has 0 aromatic heterocycles. The van der Waals surface area contributed by atoms with Crippen LogP contribution in [0.25, 0.3) is 0 Å². The summed E-state index contributed by atoms with van der Waals surface area (Å²) in [5.74, 6) is 0. The molecule has 0 nitrogen and oxygen atoms in total. The molecule has 0 amide bonds. The predicted molar refractivity (Wildman–Crippen MR) is 97.7 cm³/mol. The van der Waals surface area contributed by atoms with Gasteiger partial charge >= 0.3 is 35.6 Å². The second kappa shape index (κ2) is 27.0.